The molecule has 232 valence electrons. The quantitative estimate of drug-likeness (QED) is 0.181. The lowest BCUT2D eigenvalue weighted by molar-refractivity contribution is 1.01. The maximum absolute atomic E-state index is 5.38. The van der Waals surface area contributed by atoms with Gasteiger partial charge in [0.05, 0.1) is 27.6 Å². The van der Waals surface area contributed by atoms with Crippen molar-refractivity contribution in [3.8, 4) is 22.8 Å². The summed E-state index contributed by atoms with van der Waals surface area (Å²) in [6.07, 6.45) is 2.01. The average Bonchev–Trinajstić information content (AvgIpc) is 3.71. The van der Waals surface area contributed by atoms with E-state index >= 15 is 0 Å². The van der Waals surface area contributed by atoms with Gasteiger partial charge in [0.1, 0.15) is 0 Å². The van der Waals surface area contributed by atoms with Gasteiger partial charge in [-0.15, -0.1) is 0 Å². The summed E-state index contributed by atoms with van der Waals surface area (Å²) in [5, 5.41) is 10.6. The van der Waals surface area contributed by atoms with Crippen molar-refractivity contribution in [1.82, 2.24) is 19.1 Å². The van der Waals surface area contributed by atoms with Gasteiger partial charge in [-0.3, -0.25) is 4.57 Å². The van der Waals surface area contributed by atoms with Gasteiger partial charge in [0.2, 0.25) is 5.95 Å². The number of hydrogen-bond donors (Lipinski definition) is 0. The van der Waals surface area contributed by atoms with Gasteiger partial charge in [-0.2, -0.15) is 0 Å². The summed E-state index contributed by atoms with van der Waals surface area (Å²) in [6, 6.07) is 58.6. The molecule has 0 aliphatic carbocycles. The molecular formula is C46H28N4. The van der Waals surface area contributed by atoms with Crippen molar-refractivity contribution in [2.75, 3.05) is 0 Å². The van der Waals surface area contributed by atoms with Gasteiger partial charge in [-0.1, -0.05) is 127 Å². The van der Waals surface area contributed by atoms with Crippen molar-refractivity contribution in [1.29, 1.82) is 0 Å². The number of benzene rings is 8. The largest absolute Gasteiger partial charge is 0.309 e. The average molecular weight is 637 g/mol. The molecule has 0 atom stereocenters. The number of aromatic nitrogens is 4. The first-order valence-electron chi connectivity index (χ1n) is 17.0. The van der Waals surface area contributed by atoms with E-state index < -0.39 is 0 Å². The van der Waals surface area contributed by atoms with Crippen molar-refractivity contribution in [3.05, 3.63) is 170 Å². The standard InChI is InChI=1S/C46H28N4/c1-2-13-29(14-3-1)30-15-12-16-31(27-30)49-39-23-10-8-21-36(39)43-41(49)25-26-42-44(43)37-22-9-11-24-40(37)50(42)46-47-28-38-34-19-5-4-17-32(34)33-18-6-7-20-35(33)45(38)48-46/h1-28H. The van der Waals surface area contributed by atoms with Crippen LogP contribution in [0.15, 0.2) is 170 Å². The lowest BCUT2D eigenvalue weighted by Gasteiger charge is -2.12. The first-order chi connectivity index (χ1) is 24.8. The molecule has 4 heteroatoms. The number of rotatable bonds is 3. The van der Waals surface area contributed by atoms with Crippen LogP contribution in [0.2, 0.25) is 0 Å². The van der Waals surface area contributed by atoms with Crippen molar-refractivity contribution in [3.63, 3.8) is 0 Å². The Balaban J connectivity index is 1.23. The number of nitrogens with zero attached hydrogens (tertiary/aromatic N) is 4. The molecule has 0 radical (unpaired) electrons. The smallest absolute Gasteiger partial charge is 0.235 e. The highest BCUT2D eigenvalue weighted by Gasteiger charge is 2.22. The van der Waals surface area contributed by atoms with E-state index in [9.17, 15) is 0 Å². The Hall–Kier alpha value is -6.78. The van der Waals surface area contributed by atoms with Crippen molar-refractivity contribution in [2.24, 2.45) is 0 Å². The molecule has 4 nitrogen and oxygen atoms in total. The van der Waals surface area contributed by atoms with E-state index in [2.05, 4.69) is 173 Å². The Morgan fingerprint density at radius 2 is 0.880 bits per heavy atom. The topological polar surface area (TPSA) is 35.6 Å². The SMILES string of the molecule is c1ccc(-c2cccc(-n3c4ccccc4c4c5c6ccccc6n(-c6ncc7c8ccccc8c8ccccc8c7n6)c5ccc43)c2)cc1. The van der Waals surface area contributed by atoms with Crippen molar-refractivity contribution >= 4 is 76.1 Å². The third-order valence-corrected chi connectivity index (χ3v) is 10.3. The number of hydrogen-bond acceptors (Lipinski definition) is 2. The lowest BCUT2D eigenvalue weighted by Crippen LogP contribution is -2.01. The fraction of sp³-hybridized carbons (Fsp3) is 0. The van der Waals surface area contributed by atoms with Crippen molar-refractivity contribution in [2.45, 2.75) is 0 Å². The Bertz CT molecular complexity index is 3110. The molecule has 3 heterocycles. The van der Waals surface area contributed by atoms with E-state index in [1.54, 1.807) is 0 Å². The molecular weight excluding hydrogens is 609 g/mol. The molecule has 8 aromatic carbocycles. The monoisotopic (exact) mass is 636 g/mol. The van der Waals surface area contributed by atoms with Crippen LogP contribution in [0.4, 0.5) is 0 Å². The van der Waals surface area contributed by atoms with Crippen LogP contribution >= 0.6 is 0 Å². The van der Waals surface area contributed by atoms with Crippen LogP contribution in [0.1, 0.15) is 0 Å². The van der Waals surface area contributed by atoms with Gasteiger partial charge in [-0.25, -0.2) is 9.97 Å². The third kappa shape index (κ3) is 3.76. The summed E-state index contributed by atoms with van der Waals surface area (Å²) in [7, 11) is 0. The minimum atomic E-state index is 0.669. The van der Waals surface area contributed by atoms with Crippen LogP contribution < -0.4 is 0 Å². The maximum atomic E-state index is 5.38. The molecule has 11 rings (SSSR count). The van der Waals surface area contributed by atoms with E-state index in [0.717, 1.165) is 33.0 Å². The highest BCUT2D eigenvalue weighted by atomic mass is 15.2. The molecule has 0 fully saturated rings. The second kappa shape index (κ2) is 10.4. The highest BCUT2D eigenvalue weighted by molar-refractivity contribution is 6.29. The molecule has 0 aliphatic rings. The summed E-state index contributed by atoms with van der Waals surface area (Å²) in [5.41, 5.74) is 9.02. The van der Waals surface area contributed by atoms with Crippen LogP contribution in [0.3, 0.4) is 0 Å². The van der Waals surface area contributed by atoms with Crippen LogP contribution in [-0.4, -0.2) is 19.1 Å². The summed E-state index contributed by atoms with van der Waals surface area (Å²) >= 11 is 0. The van der Waals surface area contributed by atoms with Crippen LogP contribution in [0.5, 0.6) is 0 Å². The zero-order chi connectivity index (χ0) is 32.8. The minimum Gasteiger partial charge on any atom is -0.309 e. The van der Waals surface area contributed by atoms with E-state index in [0.29, 0.717) is 5.95 Å². The molecule has 0 aliphatic heterocycles. The summed E-state index contributed by atoms with van der Waals surface area (Å²) in [5.74, 6) is 0.669. The first-order valence-corrected chi connectivity index (χ1v) is 17.0. The Morgan fingerprint density at radius 1 is 0.360 bits per heavy atom. The molecule has 11 aromatic rings. The zero-order valence-corrected chi connectivity index (χ0v) is 27.0. The fourth-order valence-electron chi connectivity index (χ4n) is 8.23. The fourth-order valence-corrected chi connectivity index (χ4v) is 8.23. The Labute approximate surface area is 287 Å². The van der Waals surface area contributed by atoms with E-state index in [4.69, 9.17) is 9.97 Å². The summed E-state index contributed by atoms with van der Waals surface area (Å²) in [4.78, 5) is 10.5. The molecule has 0 saturated heterocycles. The van der Waals surface area contributed by atoms with Gasteiger partial charge in [-0.05, 0) is 63.7 Å². The summed E-state index contributed by atoms with van der Waals surface area (Å²) < 4.78 is 4.65. The number of para-hydroxylation sites is 2. The van der Waals surface area contributed by atoms with Crippen LogP contribution in [0.25, 0.3) is 98.8 Å². The maximum Gasteiger partial charge on any atom is 0.235 e. The normalized spacial score (nSPS) is 12.0. The highest BCUT2D eigenvalue weighted by Crippen LogP contribution is 2.43. The van der Waals surface area contributed by atoms with Crippen LogP contribution in [0, 0.1) is 0 Å². The van der Waals surface area contributed by atoms with Gasteiger partial charge in [0, 0.05) is 44.2 Å². The second-order valence-corrected chi connectivity index (χ2v) is 13.0. The number of fused-ring (bicyclic) bond motifs is 13. The van der Waals surface area contributed by atoms with Crippen molar-refractivity contribution < 1.29 is 0 Å². The van der Waals surface area contributed by atoms with Gasteiger partial charge in [0.15, 0.2) is 0 Å². The predicted octanol–water partition coefficient (Wildman–Crippen LogP) is 11.8. The zero-order valence-electron chi connectivity index (χ0n) is 27.0. The molecule has 0 unspecified atom stereocenters. The first kappa shape index (κ1) is 27.2. The second-order valence-electron chi connectivity index (χ2n) is 13.0. The molecule has 0 saturated carbocycles. The van der Waals surface area contributed by atoms with E-state index in [-0.39, 0.29) is 0 Å². The molecule has 0 amide bonds. The minimum absolute atomic E-state index is 0.669. The molecule has 0 spiro atoms. The van der Waals surface area contributed by atoms with E-state index in [1.807, 2.05) is 6.20 Å². The molecule has 50 heavy (non-hydrogen) atoms. The summed E-state index contributed by atoms with van der Waals surface area (Å²) in [6.45, 7) is 0. The van der Waals surface area contributed by atoms with Gasteiger partial charge < -0.3 is 4.57 Å². The van der Waals surface area contributed by atoms with E-state index in [1.165, 1.54) is 59.9 Å². The van der Waals surface area contributed by atoms with Gasteiger partial charge in [0.25, 0.3) is 0 Å². The molecule has 0 bridgehead atoms. The van der Waals surface area contributed by atoms with Gasteiger partial charge >= 0.3 is 0 Å². The van der Waals surface area contributed by atoms with Crippen LogP contribution in [-0.2, 0) is 0 Å². The third-order valence-electron chi connectivity index (χ3n) is 10.3. The Kier molecular flexibility index (Phi) is 5.63. The predicted molar refractivity (Wildman–Crippen MR) is 209 cm³/mol. The molecule has 0 N–H and O–H groups in total. The Morgan fingerprint density at radius 3 is 1.58 bits per heavy atom. The lowest BCUT2D eigenvalue weighted by atomic mass is 9.98. The molecule has 3 aromatic heterocycles.